The molecule has 1 aliphatic heterocycles. The average molecular weight is 534 g/mol. The molecule has 1 aromatic heterocycles. The van der Waals surface area contributed by atoms with Crippen LogP contribution in [0.5, 0.6) is 5.75 Å². The highest BCUT2D eigenvalue weighted by Crippen LogP contribution is 2.54. The number of rotatable bonds is 6. The van der Waals surface area contributed by atoms with E-state index in [-0.39, 0.29) is 28.7 Å². The van der Waals surface area contributed by atoms with Gasteiger partial charge in [0, 0.05) is 30.3 Å². The summed E-state index contributed by atoms with van der Waals surface area (Å²) in [5.41, 5.74) is 3.22. The standard InChI is InChI=1S/C30H26ClF2N3O2/c1-19-15-36(34-28(19)24-11-21(32)7-9-26(24)31)22-13-30(14-22)17-35(18-30)29(37)25-12-23(8-10-27(25)33)38-16-20-5-3-2-4-6-20/h2-12,15,22H,13-14,16-18H2,1H3. The lowest BCUT2D eigenvalue weighted by Crippen LogP contribution is -2.63. The Labute approximate surface area is 224 Å². The van der Waals surface area contributed by atoms with Crippen molar-refractivity contribution in [2.45, 2.75) is 32.4 Å². The van der Waals surface area contributed by atoms with Crippen LogP contribution in [-0.2, 0) is 6.61 Å². The van der Waals surface area contributed by atoms with Gasteiger partial charge in [0.25, 0.3) is 5.91 Å². The van der Waals surface area contributed by atoms with Crippen LogP contribution in [0.1, 0.15) is 40.4 Å². The summed E-state index contributed by atoms with van der Waals surface area (Å²) in [7, 11) is 0. The third kappa shape index (κ3) is 4.56. The number of hydrogen-bond donors (Lipinski definition) is 0. The van der Waals surface area contributed by atoms with Crippen molar-refractivity contribution in [1.29, 1.82) is 0 Å². The maximum atomic E-state index is 14.6. The Morgan fingerprint density at radius 2 is 1.84 bits per heavy atom. The van der Waals surface area contributed by atoms with Crippen LogP contribution in [0.25, 0.3) is 11.3 Å². The Morgan fingerprint density at radius 3 is 2.61 bits per heavy atom. The van der Waals surface area contributed by atoms with Gasteiger partial charge in [0.1, 0.15) is 24.0 Å². The quantitative estimate of drug-likeness (QED) is 0.272. The molecule has 0 N–H and O–H groups in total. The predicted molar refractivity (Wildman–Crippen MR) is 141 cm³/mol. The molecule has 1 saturated heterocycles. The summed E-state index contributed by atoms with van der Waals surface area (Å²) in [6, 6.07) is 18.5. The highest BCUT2D eigenvalue weighted by Gasteiger charge is 2.54. The fraction of sp³-hybridized carbons (Fsp3) is 0.267. The molecule has 0 radical (unpaired) electrons. The van der Waals surface area contributed by atoms with Crippen molar-refractivity contribution < 1.29 is 18.3 Å². The van der Waals surface area contributed by atoms with E-state index in [1.807, 2.05) is 48.1 Å². The second kappa shape index (κ2) is 9.55. The first-order chi connectivity index (χ1) is 18.3. The lowest BCUT2D eigenvalue weighted by molar-refractivity contribution is -0.0739. The van der Waals surface area contributed by atoms with Crippen LogP contribution in [-0.4, -0.2) is 33.7 Å². The number of hydrogen-bond acceptors (Lipinski definition) is 3. The predicted octanol–water partition coefficient (Wildman–Crippen LogP) is 6.85. The van der Waals surface area contributed by atoms with Crippen molar-refractivity contribution in [3.8, 4) is 17.0 Å². The first-order valence-corrected chi connectivity index (χ1v) is 12.9. The number of carbonyl (C=O) groups excluding carboxylic acids is 1. The van der Waals surface area contributed by atoms with Gasteiger partial charge in [-0.1, -0.05) is 41.9 Å². The SMILES string of the molecule is Cc1cn(C2CC3(C2)CN(C(=O)c2cc(OCc4ccccc4)ccc2F)C3)nc1-c1cc(F)ccc1Cl. The van der Waals surface area contributed by atoms with Crippen molar-refractivity contribution in [1.82, 2.24) is 14.7 Å². The molecule has 1 spiro atoms. The normalized spacial score (nSPS) is 16.3. The van der Waals surface area contributed by atoms with E-state index in [4.69, 9.17) is 21.4 Å². The Morgan fingerprint density at radius 1 is 1.08 bits per heavy atom. The average Bonchev–Trinajstić information content (AvgIpc) is 3.24. The van der Waals surface area contributed by atoms with Gasteiger partial charge in [0.05, 0.1) is 22.3 Å². The minimum Gasteiger partial charge on any atom is -0.489 e. The van der Waals surface area contributed by atoms with Crippen LogP contribution in [0.2, 0.25) is 5.02 Å². The number of amides is 1. The van der Waals surface area contributed by atoms with E-state index in [1.165, 1.54) is 30.3 Å². The van der Waals surface area contributed by atoms with E-state index in [2.05, 4.69) is 0 Å². The molecule has 1 amide bonds. The van der Waals surface area contributed by atoms with Gasteiger partial charge >= 0.3 is 0 Å². The summed E-state index contributed by atoms with van der Waals surface area (Å²) in [4.78, 5) is 14.8. The molecular weight excluding hydrogens is 508 g/mol. The van der Waals surface area contributed by atoms with Crippen molar-refractivity contribution in [2.75, 3.05) is 13.1 Å². The van der Waals surface area contributed by atoms with Crippen molar-refractivity contribution in [2.24, 2.45) is 5.41 Å². The van der Waals surface area contributed by atoms with Crippen LogP contribution < -0.4 is 4.74 Å². The lowest BCUT2D eigenvalue weighted by Gasteiger charge is -2.58. The molecule has 0 bridgehead atoms. The summed E-state index contributed by atoms with van der Waals surface area (Å²) in [6.07, 6.45) is 3.71. The highest BCUT2D eigenvalue weighted by molar-refractivity contribution is 6.33. The molecule has 194 valence electrons. The number of halogens is 3. The van der Waals surface area contributed by atoms with Gasteiger partial charge < -0.3 is 9.64 Å². The number of ether oxygens (including phenoxy) is 1. The molecule has 0 unspecified atom stereocenters. The van der Waals surface area contributed by atoms with Gasteiger partial charge in [-0.15, -0.1) is 0 Å². The number of aryl methyl sites for hydroxylation is 1. The van der Waals surface area contributed by atoms with Crippen LogP contribution >= 0.6 is 11.6 Å². The molecule has 2 fully saturated rings. The zero-order valence-corrected chi connectivity index (χ0v) is 21.6. The smallest absolute Gasteiger partial charge is 0.257 e. The molecule has 3 aromatic carbocycles. The van der Waals surface area contributed by atoms with Crippen molar-refractivity contribution in [3.05, 3.63) is 106 Å². The molecule has 5 nitrogen and oxygen atoms in total. The number of benzene rings is 3. The largest absolute Gasteiger partial charge is 0.489 e. The topological polar surface area (TPSA) is 47.4 Å². The van der Waals surface area contributed by atoms with Crippen LogP contribution in [0.3, 0.4) is 0 Å². The molecule has 4 aromatic rings. The minimum atomic E-state index is -0.551. The molecule has 6 rings (SSSR count). The molecule has 2 aliphatic rings. The Kier molecular flexibility index (Phi) is 6.19. The zero-order valence-electron chi connectivity index (χ0n) is 20.8. The minimum absolute atomic E-state index is 0.0226. The Balaban J connectivity index is 1.08. The van der Waals surface area contributed by atoms with E-state index < -0.39 is 5.82 Å². The maximum absolute atomic E-state index is 14.6. The maximum Gasteiger partial charge on any atom is 0.257 e. The Bertz CT molecular complexity index is 1510. The fourth-order valence-electron chi connectivity index (χ4n) is 5.58. The number of aromatic nitrogens is 2. The zero-order chi connectivity index (χ0) is 26.4. The highest BCUT2D eigenvalue weighted by atomic mass is 35.5. The second-order valence-corrected chi connectivity index (χ2v) is 10.8. The molecule has 2 heterocycles. The second-order valence-electron chi connectivity index (χ2n) is 10.4. The summed E-state index contributed by atoms with van der Waals surface area (Å²) >= 11 is 6.29. The van der Waals surface area contributed by atoms with Crippen molar-refractivity contribution in [3.63, 3.8) is 0 Å². The first kappa shape index (κ1) is 24.6. The lowest BCUT2D eigenvalue weighted by atomic mass is 9.60. The van der Waals surface area contributed by atoms with Gasteiger partial charge in [-0.05, 0) is 67.3 Å². The molecule has 1 aliphatic carbocycles. The number of likely N-dealkylation sites (tertiary alicyclic amines) is 1. The summed E-state index contributed by atoms with van der Waals surface area (Å²) in [5.74, 6) is -0.768. The van der Waals surface area contributed by atoms with Gasteiger partial charge in [-0.25, -0.2) is 8.78 Å². The van der Waals surface area contributed by atoms with Crippen LogP contribution in [0, 0.1) is 24.0 Å². The van der Waals surface area contributed by atoms with Crippen LogP contribution in [0.15, 0.2) is 72.9 Å². The van der Waals surface area contributed by atoms with E-state index in [0.717, 1.165) is 24.0 Å². The molecule has 38 heavy (non-hydrogen) atoms. The number of nitrogens with zero attached hydrogens (tertiary/aromatic N) is 3. The number of carbonyl (C=O) groups is 1. The monoisotopic (exact) mass is 533 g/mol. The van der Waals surface area contributed by atoms with Gasteiger partial charge in [-0.3, -0.25) is 9.48 Å². The van der Waals surface area contributed by atoms with E-state index >= 15 is 0 Å². The fourth-order valence-corrected chi connectivity index (χ4v) is 5.78. The third-order valence-electron chi connectivity index (χ3n) is 7.57. The van der Waals surface area contributed by atoms with E-state index in [9.17, 15) is 13.6 Å². The summed E-state index contributed by atoms with van der Waals surface area (Å²) in [5, 5.41) is 5.17. The Hall–Kier alpha value is -3.71. The summed E-state index contributed by atoms with van der Waals surface area (Å²) < 4.78 is 36.1. The van der Waals surface area contributed by atoms with Gasteiger partial charge in [0.15, 0.2) is 0 Å². The third-order valence-corrected chi connectivity index (χ3v) is 7.90. The van der Waals surface area contributed by atoms with Gasteiger partial charge in [-0.2, -0.15) is 5.10 Å². The van der Waals surface area contributed by atoms with Crippen LogP contribution in [0.4, 0.5) is 8.78 Å². The van der Waals surface area contributed by atoms with Gasteiger partial charge in [0.2, 0.25) is 0 Å². The molecule has 8 heteroatoms. The molecule has 0 atom stereocenters. The first-order valence-electron chi connectivity index (χ1n) is 12.6. The molecule has 1 saturated carbocycles. The van der Waals surface area contributed by atoms with E-state index in [0.29, 0.717) is 41.7 Å². The van der Waals surface area contributed by atoms with E-state index in [1.54, 1.807) is 11.0 Å². The molecular formula is C30H26ClF2N3O2. The summed E-state index contributed by atoms with van der Waals surface area (Å²) in [6.45, 7) is 3.44. The van der Waals surface area contributed by atoms with Crippen molar-refractivity contribution >= 4 is 17.5 Å².